The van der Waals surface area contributed by atoms with E-state index in [2.05, 4.69) is 29.6 Å². The van der Waals surface area contributed by atoms with Crippen molar-refractivity contribution in [1.29, 1.82) is 0 Å². The van der Waals surface area contributed by atoms with Crippen molar-refractivity contribution in [3.63, 3.8) is 0 Å². The van der Waals surface area contributed by atoms with E-state index in [-0.39, 0.29) is 106 Å². The van der Waals surface area contributed by atoms with E-state index >= 15 is 0 Å². The van der Waals surface area contributed by atoms with E-state index in [1.165, 1.54) is 0 Å². The minimum absolute atomic E-state index is 0. The van der Waals surface area contributed by atoms with Crippen molar-refractivity contribution in [2.24, 2.45) is 11.8 Å². The van der Waals surface area contributed by atoms with Gasteiger partial charge in [-0.2, -0.15) is 19.3 Å². The van der Waals surface area contributed by atoms with Crippen LogP contribution in [-0.2, 0) is 19.5 Å². The summed E-state index contributed by atoms with van der Waals surface area (Å²) in [7, 11) is -4.54. The van der Waals surface area contributed by atoms with Crippen LogP contribution in [0.25, 0.3) is 0 Å². The van der Waals surface area contributed by atoms with E-state index < -0.39 is 27.5 Å². The molecule has 0 bridgehead atoms. The Labute approximate surface area is 231 Å². The molecule has 6 atom stereocenters. The molecule has 6 unspecified atom stereocenters. The number of anilines is 1. The number of halogens is 2. The smallest absolute Gasteiger partial charge is 0.748 e. The maximum absolute atomic E-state index is 11.5. The first kappa shape index (κ1) is 29.5. The maximum Gasteiger partial charge on any atom is 1.00 e. The monoisotopic (exact) mass is 520 g/mol. The van der Waals surface area contributed by atoms with Crippen LogP contribution in [0.2, 0.25) is 10.6 Å². The standard InChI is InChI=1S/C13H18Cl2N4O7S2.2Na/c14-11-17-12(15)19-13(18-11)16-8-3-6(27-26-25-21)1-5-2-7(28(22,23)24)4-9(20)10(5)8;;/h5-10,20-21H,1-4H2,(H,22,23,24)(H,16,17,18,19);;/q;2*+1/p-2. The number of rotatable bonds is 6. The summed E-state index contributed by atoms with van der Waals surface area (Å²) < 4.78 is 38.9. The molecule has 1 aromatic heterocycles. The molecule has 0 saturated heterocycles. The number of hydrogen-bond donors (Lipinski definition) is 2. The Balaban J connectivity index is 0.00000225. The van der Waals surface area contributed by atoms with E-state index in [4.69, 9.17) is 23.2 Å². The number of aliphatic hydroxyl groups excluding tert-OH is 1. The van der Waals surface area contributed by atoms with E-state index in [1.807, 2.05) is 0 Å². The van der Waals surface area contributed by atoms with Crippen molar-refractivity contribution < 1.29 is 91.8 Å². The number of nitrogens with one attached hydrogen (secondary N) is 1. The molecule has 11 nitrogen and oxygen atoms in total. The van der Waals surface area contributed by atoms with Crippen molar-refractivity contribution in [3.05, 3.63) is 10.6 Å². The first-order chi connectivity index (χ1) is 13.2. The Morgan fingerprint density at radius 3 is 2.30 bits per heavy atom. The summed E-state index contributed by atoms with van der Waals surface area (Å²) in [5, 5.41) is 25.5. The molecule has 17 heteroatoms. The molecule has 30 heavy (non-hydrogen) atoms. The van der Waals surface area contributed by atoms with Crippen molar-refractivity contribution in [2.45, 2.75) is 48.3 Å². The predicted molar refractivity (Wildman–Crippen MR) is 95.7 cm³/mol. The SMILES string of the molecule is O=S(=O)([O-])C1CC(O)C2C(CC(SOO[O-])CC2Nc2nc(Cl)nc(Cl)n2)C1.[Na+].[Na+]. The molecular formula is C13H16Cl2N4Na2O7S2. The summed E-state index contributed by atoms with van der Waals surface area (Å²) in [4.78, 5) is 11.5. The summed E-state index contributed by atoms with van der Waals surface area (Å²) in [6.07, 6.45) is -0.234. The normalized spacial score (nSPS) is 31.1. The van der Waals surface area contributed by atoms with Gasteiger partial charge in [0, 0.05) is 29.3 Å². The van der Waals surface area contributed by atoms with E-state index in [0.29, 0.717) is 12.8 Å². The van der Waals surface area contributed by atoms with Crippen LogP contribution in [0, 0.1) is 11.8 Å². The third-order valence-corrected chi connectivity index (χ3v) is 7.44. The van der Waals surface area contributed by atoms with Crippen LogP contribution in [0.5, 0.6) is 0 Å². The van der Waals surface area contributed by atoms with Gasteiger partial charge in [0.15, 0.2) is 0 Å². The van der Waals surface area contributed by atoms with Gasteiger partial charge in [0.1, 0.15) is 0 Å². The average Bonchev–Trinajstić information content (AvgIpc) is 2.57. The van der Waals surface area contributed by atoms with Crippen LogP contribution in [0.3, 0.4) is 0 Å². The van der Waals surface area contributed by atoms with Crippen LogP contribution < -0.4 is 69.7 Å². The van der Waals surface area contributed by atoms with Crippen LogP contribution in [0.1, 0.15) is 25.7 Å². The molecule has 1 heterocycles. The number of nitrogens with zero attached hydrogens (tertiary/aromatic N) is 3. The van der Waals surface area contributed by atoms with E-state index in [0.717, 1.165) is 12.0 Å². The summed E-state index contributed by atoms with van der Waals surface area (Å²) in [6, 6.07) is -0.425. The predicted octanol–water partition coefficient (Wildman–Crippen LogP) is -5.70. The van der Waals surface area contributed by atoms with Gasteiger partial charge in [0.05, 0.1) is 21.5 Å². The molecule has 0 aromatic carbocycles. The Morgan fingerprint density at radius 2 is 1.73 bits per heavy atom. The van der Waals surface area contributed by atoms with Crippen molar-refractivity contribution in [1.82, 2.24) is 15.0 Å². The third-order valence-electron chi connectivity index (χ3n) is 5.11. The summed E-state index contributed by atoms with van der Waals surface area (Å²) >= 11 is 12.4. The van der Waals surface area contributed by atoms with Gasteiger partial charge in [-0.15, -0.1) is 0 Å². The van der Waals surface area contributed by atoms with Gasteiger partial charge in [-0.25, -0.2) is 8.42 Å². The molecule has 158 valence electrons. The molecule has 2 fully saturated rings. The third kappa shape index (κ3) is 7.77. The number of fused-ring (bicyclic) bond motifs is 1. The van der Waals surface area contributed by atoms with Crippen LogP contribution in [0.15, 0.2) is 0 Å². The number of aromatic nitrogens is 3. The second-order valence-electron chi connectivity index (χ2n) is 6.76. The molecule has 3 rings (SSSR count). The molecule has 1 aromatic rings. The number of aliphatic hydroxyl groups is 1. The van der Waals surface area contributed by atoms with Gasteiger partial charge in [0.2, 0.25) is 16.5 Å². The Kier molecular flexibility index (Phi) is 12.6. The van der Waals surface area contributed by atoms with Crippen LogP contribution >= 0.6 is 35.2 Å². The fourth-order valence-electron chi connectivity index (χ4n) is 4.15. The van der Waals surface area contributed by atoms with Crippen molar-refractivity contribution in [2.75, 3.05) is 5.32 Å². The second-order valence-corrected chi connectivity index (χ2v) is 10.1. The van der Waals surface area contributed by atoms with Gasteiger partial charge < -0.3 is 20.2 Å². The molecule has 0 amide bonds. The van der Waals surface area contributed by atoms with Gasteiger partial charge in [-0.3, -0.25) is 5.04 Å². The zero-order valence-corrected chi connectivity index (χ0v) is 23.2. The first-order valence-corrected chi connectivity index (χ1v) is 11.3. The molecular weight excluding hydrogens is 505 g/mol. The Bertz CT molecular complexity index is 795. The second kappa shape index (κ2) is 12.8. The summed E-state index contributed by atoms with van der Waals surface area (Å²) in [6.45, 7) is 0. The van der Waals surface area contributed by atoms with Gasteiger partial charge in [-0.05, 0) is 54.8 Å². The average molecular weight is 521 g/mol. The first-order valence-electron chi connectivity index (χ1n) is 8.25. The van der Waals surface area contributed by atoms with E-state index in [1.54, 1.807) is 0 Å². The molecule has 2 saturated carbocycles. The quantitative estimate of drug-likeness (QED) is 0.120. The van der Waals surface area contributed by atoms with Crippen LogP contribution in [-0.4, -0.2) is 55.7 Å². The Morgan fingerprint density at radius 1 is 1.10 bits per heavy atom. The molecule has 2 aliphatic carbocycles. The molecule has 0 aliphatic heterocycles. The minimum atomic E-state index is -4.54. The van der Waals surface area contributed by atoms with Crippen molar-refractivity contribution in [3.8, 4) is 0 Å². The molecule has 2 aliphatic rings. The minimum Gasteiger partial charge on any atom is -0.748 e. The topological polar surface area (TPSA) is 170 Å². The van der Waals surface area contributed by atoms with Crippen LogP contribution in [0.4, 0.5) is 5.95 Å². The fraction of sp³-hybridized carbons (Fsp3) is 0.769. The Hall–Kier alpha value is 1.49. The van der Waals surface area contributed by atoms with Gasteiger partial charge in [0.25, 0.3) is 0 Å². The zero-order valence-electron chi connectivity index (χ0n) is 16.1. The van der Waals surface area contributed by atoms with Gasteiger partial charge in [-0.1, -0.05) is 0 Å². The van der Waals surface area contributed by atoms with Crippen molar-refractivity contribution >= 4 is 51.3 Å². The largest absolute Gasteiger partial charge is 1.00 e. The molecule has 0 spiro atoms. The summed E-state index contributed by atoms with van der Waals surface area (Å²) in [5.74, 6) is -0.604. The fourth-order valence-corrected chi connectivity index (χ4v) is 6.19. The molecule has 0 radical (unpaired) electrons. The van der Waals surface area contributed by atoms with Gasteiger partial charge >= 0.3 is 59.1 Å². The maximum atomic E-state index is 11.5. The zero-order chi connectivity index (χ0) is 20.5. The number of hydrogen-bond acceptors (Lipinski definition) is 12. The summed E-state index contributed by atoms with van der Waals surface area (Å²) in [5.41, 5.74) is 0. The van der Waals surface area contributed by atoms with E-state index in [9.17, 15) is 23.3 Å². The molecule has 2 N–H and O–H groups in total.